The van der Waals surface area contributed by atoms with E-state index in [1.54, 1.807) is 6.20 Å². The molecule has 1 N–H and O–H groups in total. The molecule has 5 nitrogen and oxygen atoms in total. The Morgan fingerprint density at radius 1 is 1.16 bits per heavy atom. The number of aryl methyl sites for hydroxylation is 1. The fourth-order valence-electron chi connectivity index (χ4n) is 4.35. The van der Waals surface area contributed by atoms with E-state index in [1.165, 1.54) is 11.3 Å². The van der Waals surface area contributed by atoms with Crippen LogP contribution in [0.4, 0.5) is 14.5 Å². The summed E-state index contributed by atoms with van der Waals surface area (Å²) in [5.41, 5.74) is 3.44. The van der Waals surface area contributed by atoms with Gasteiger partial charge in [0, 0.05) is 44.1 Å². The Kier molecular flexibility index (Phi) is 9.87. The van der Waals surface area contributed by atoms with Gasteiger partial charge in [0.05, 0.1) is 33.4 Å². The average Bonchev–Trinajstić information content (AvgIpc) is 3.22. The molecule has 1 amide bonds. The molecule has 1 atom stereocenters. The van der Waals surface area contributed by atoms with Crippen LogP contribution >= 0.6 is 11.3 Å². The minimum atomic E-state index is -2.60. The van der Waals surface area contributed by atoms with Gasteiger partial charge in [-0.05, 0) is 30.5 Å². The summed E-state index contributed by atoms with van der Waals surface area (Å²) in [6, 6.07) is 9.50. The normalized spacial score (nSPS) is 18.1. The summed E-state index contributed by atoms with van der Waals surface area (Å²) in [4.78, 5) is 20.3. The maximum absolute atomic E-state index is 13.6. The van der Waals surface area contributed by atoms with Gasteiger partial charge in [0.25, 0.3) is 11.8 Å². The summed E-state index contributed by atoms with van der Waals surface area (Å²) in [6.07, 6.45) is 2.09. The van der Waals surface area contributed by atoms with Crippen molar-refractivity contribution in [2.75, 3.05) is 24.6 Å². The first kappa shape index (κ1) is 28.8. The van der Waals surface area contributed by atoms with Crippen molar-refractivity contribution in [2.24, 2.45) is 5.92 Å². The molecule has 3 aromatic rings. The maximum Gasteiger partial charge on any atom is 0.262 e. The van der Waals surface area contributed by atoms with Crippen molar-refractivity contribution in [3.63, 3.8) is 0 Å². The molecule has 0 saturated carbocycles. The topological polar surface area (TPSA) is 54.5 Å². The number of ether oxygens (including phenoxy) is 1. The van der Waals surface area contributed by atoms with Crippen LogP contribution in [-0.2, 0) is 0 Å². The lowest BCUT2D eigenvalue weighted by atomic mass is 10.0. The molecule has 5 rings (SSSR count). The number of benzene rings is 1. The Morgan fingerprint density at radius 3 is 2.49 bits per heavy atom. The molecule has 1 unspecified atom stereocenters. The number of fused-ring (bicyclic) bond motifs is 2. The van der Waals surface area contributed by atoms with E-state index in [4.69, 9.17) is 4.74 Å². The van der Waals surface area contributed by atoms with Gasteiger partial charge in [0.15, 0.2) is 0 Å². The summed E-state index contributed by atoms with van der Waals surface area (Å²) in [5.74, 6) is -1.10. The summed E-state index contributed by atoms with van der Waals surface area (Å²) in [5, 5.41) is 3.15. The minimum Gasteiger partial charge on any atom is -0.493 e. The fraction of sp³-hybridized carbons (Fsp3) is 0.517. The number of pyridine rings is 1. The second-order valence-corrected chi connectivity index (χ2v) is 10.9. The summed E-state index contributed by atoms with van der Waals surface area (Å²) >= 11 is 1.39. The van der Waals surface area contributed by atoms with Gasteiger partial charge in [-0.15, -0.1) is 11.3 Å². The Labute approximate surface area is 223 Å². The number of nitrogens with zero attached hydrogens (tertiary/aromatic N) is 2. The van der Waals surface area contributed by atoms with E-state index < -0.39 is 5.92 Å². The van der Waals surface area contributed by atoms with E-state index in [9.17, 15) is 13.6 Å². The predicted molar refractivity (Wildman–Crippen MR) is 149 cm³/mol. The third kappa shape index (κ3) is 6.98. The van der Waals surface area contributed by atoms with E-state index >= 15 is 0 Å². The first-order valence-corrected chi connectivity index (χ1v) is 14.0. The van der Waals surface area contributed by atoms with Gasteiger partial charge >= 0.3 is 0 Å². The van der Waals surface area contributed by atoms with Crippen LogP contribution < -0.4 is 15.0 Å². The summed E-state index contributed by atoms with van der Waals surface area (Å²) in [6.45, 7) is 13.5. The van der Waals surface area contributed by atoms with Crippen LogP contribution in [0.15, 0.2) is 36.5 Å². The lowest BCUT2D eigenvalue weighted by molar-refractivity contribution is -0.0220. The van der Waals surface area contributed by atoms with Crippen molar-refractivity contribution in [2.45, 2.75) is 72.8 Å². The Hall–Kier alpha value is -2.74. The second kappa shape index (κ2) is 12.7. The quantitative estimate of drug-likeness (QED) is 0.375. The van der Waals surface area contributed by atoms with Gasteiger partial charge in [0.2, 0.25) is 0 Å². The number of anilines is 1. The number of nitrogens with one attached hydrogen (secondary N) is 1. The number of hydrogen-bond donors (Lipinski definition) is 1. The first-order chi connectivity index (χ1) is 17.7. The Balaban J connectivity index is 0.000000580. The number of para-hydroxylation sites is 1. The molecule has 1 fully saturated rings. The van der Waals surface area contributed by atoms with Crippen molar-refractivity contribution in [3.8, 4) is 5.75 Å². The lowest BCUT2D eigenvalue weighted by Crippen LogP contribution is -2.39. The predicted octanol–water partition coefficient (Wildman–Crippen LogP) is 7.78. The average molecular weight is 532 g/mol. The molecular formula is C29H39F2N3O2S. The van der Waals surface area contributed by atoms with Gasteiger partial charge in [-0.2, -0.15) is 0 Å². The molecule has 8 heteroatoms. The molecule has 37 heavy (non-hydrogen) atoms. The van der Waals surface area contributed by atoms with Gasteiger partial charge in [-0.1, -0.05) is 52.8 Å². The number of rotatable bonds is 3. The van der Waals surface area contributed by atoms with Crippen LogP contribution in [0.5, 0.6) is 5.75 Å². The third-order valence-electron chi connectivity index (χ3n) is 6.09. The molecule has 0 bridgehead atoms. The van der Waals surface area contributed by atoms with Crippen molar-refractivity contribution in [1.29, 1.82) is 0 Å². The first-order valence-electron chi connectivity index (χ1n) is 13.2. The number of hydrogen-bond acceptors (Lipinski definition) is 5. The Bertz CT molecular complexity index is 1180. The highest BCUT2D eigenvalue weighted by molar-refractivity contribution is 7.21. The monoisotopic (exact) mass is 531 g/mol. The van der Waals surface area contributed by atoms with Gasteiger partial charge in [-0.25, -0.2) is 8.78 Å². The number of piperidine rings is 1. The highest BCUT2D eigenvalue weighted by Crippen LogP contribution is 2.39. The van der Waals surface area contributed by atoms with E-state index in [2.05, 4.69) is 31.1 Å². The highest BCUT2D eigenvalue weighted by Gasteiger charge is 2.35. The molecule has 0 spiro atoms. The zero-order valence-electron chi connectivity index (χ0n) is 22.7. The van der Waals surface area contributed by atoms with Crippen molar-refractivity contribution in [3.05, 3.63) is 52.5 Å². The standard InChI is InChI=1S/C23H23F2N3O2S.C4H10.C2H6/c1-14-19-21(17(6-10-26-19)28-11-8-23(24,25)9-12-28)31-20(14)22(29)27-16-7-13-30-18-5-3-2-4-15(16)18;1-4(2)3;1-2/h2-6,10,16H,7-9,11-13H2,1H3,(H,27,29);4H,1-3H3;1-2H3. The van der Waals surface area contributed by atoms with Crippen molar-refractivity contribution in [1.82, 2.24) is 10.3 Å². The lowest BCUT2D eigenvalue weighted by Gasteiger charge is -2.33. The van der Waals surface area contributed by atoms with E-state index in [0.29, 0.717) is 31.0 Å². The zero-order valence-corrected chi connectivity index (χ0v) is 23.6. The van der Waals surface area contributed by atoms with E-state index in [-0.39, 0.29) is 24.8 Å². The number of amides is 1. The number of thiophene rings is 1. The largest absolute Gasteiger partial charge is 0.493 e. The van der Waals surface area contributed by atoms with Crippen LogP contribution in [0.2, 0.25) is 0 Å². The maximum atomic E-state index is 13.6. The number of carbonyl (C=O) groups is 1. The molecule has 2 aliphatic heterocycles. The number of aromatic nitrogens is 1. The highest BCUT2D eigenvalue weighted by atomic mass is 32.1. The number of halogens is 2. The van der Waals surface area contributed by atoms with Crippen LogP contribution in [0.3, 0.4) is 0 Å². The van der Waals surface area contributed by atoms with Crippen LogP contribution in [0.25, 0.3) is 10.2 Å². The fourth-order valence-corrected chi connectivity index (χ4v) is 5.56. The summed E-state index contributed by atoms with van der Waals surface area (Å²) < 4.78 is 33.8. The molecule has 0 aliphatic carbocycles. The molecule has 4 heterocycles. The zero-order chi connectivity index (χ0) is 27.2. The van der Waals surface area contributed by atoms with Gasteiger partial charge in [-0.3, -0.25) is 9.78 Å². The number of alkyl halides is 2. The molecule has 202 valence electrons. The molecule has 1 aromatic carbocycles. The van der Waals surface area contributed by atoms with Gasteiger partial charge in [0.1, 0.15) is 5.75 Å². The number of carbonyl (C=O) groups excluding carboxylic acids is 1. The molecular weight excluding hydrogens is 492 g/mol. The van der Waals surface area contributed by atoms with Gasteiger partial charge < -0.3 is 15.0 Å². The van der Waals surface area contributed by atoms with E-state index in [1.807, 2.05) is 56.0 Å². The molecule has 2 aliphatic rings. The van der Waals surface area contributed by atoms with E-state index in [0.717, 1.165) is 38.7 Å². The molecule has 0 radical (unpaired) electrons. The van der Waals surface area contributed by atoms with Crippen LogP contribution in [0.1, 0.15) is 80.7 Å². The van der Waals surface area contributed by atoms with Crippen molar-refractivity contribution >= 4 is 33.1 Å². The second-order valence-electron chi connectivity index (χ2n) is 9.84. The SMILES string of the molecule is CC.CC(C)C.Cc1c(C(=O)NC2CCOc3ccccc32)sc2c(N3CCC(F)(F)CC3)ccnc12. The van der Waals surface area contributed by atoms with Crippen LogP contribution in [0, 0.1) is 12.8 Å². The molecule has 2 aromatic heterocycles. The minimum absolute atomic E-state index is 0.112. The third-order valence-corrected chi connectivity index (χ3v) is 7.39. The smallest absolute Gasteiger partial charge is 0.262 e. The van der Waals surface area contributed by atoms with Crippen molar-refractivity contribution < 1.29 is 18.3 Å². The Morgan fingerprint density at radius 2 is 1.81 bits per heavy atom. The van der Waals surface area contributed by atoms with Crippen LogP contribution in [-0.4, -0.2) is 36.5 Å². The molecule has 1 saturated heterocycles. The summed E-state index contributed by atoms with van der Waals surface area (Å²) in [7, 11) is 0.